The molecule has 2 rings (SSSR count). The van der Waals surface area contributed by atoms with Crippen LogP contribution in [0.15, 0.2) is 42.5 Å². The van der Waals surface area contributed by atoms with Crippen LogP contribution in [0.2, 0.25) is 5.02 Å². The molecule has 0 radical (unpaired) electrons. The average Bonchev–Trinajstić information content (AvgIpc) is 2.64. The van der Waals surface area contributed by atoms with Crippen LogP contribution in [0.3, 0.4) is 0 Å². The third kappa shape index (κ3) is 7.68. The van der Waals surface area contributed by atoms with Gasteiger partial charge in [-0.2, -0.15) is 13.2 Å². The molecule has 0 bridgehead atoms. The summed E-state index contributed by atoms with van der Waals surface area (Å²) >= 11 is 5.82. The van der Waals surface area contributed by atoms with Gasteiger partial charge < -0.3 is 15.5 Å². The van der Waals surface area contributed by atoms with Crippen molar-refractivity contribution in [2.45, 2.75) is 12.6 Å². The molecule has 0 aromatic heterocycles. The molecular weight excluding hydrogens is 403 g/mol. The molecule has 0 spiro atoms. The number of hydrogen-bond donors (Lipinski definition) is 2. The highest BCUT2D eigenvalue weighted by atomic mass is 35.5. The molecule has 0 aliphatic carbocycles. The maximum Gasteiger partial charge on any atom is 0.416 e. The number of amides is 1. The van der Waals surface area contributed by atoms with Gasteiger partial charge >= 0.3 is 12.1 Å². The fourth-order valence-electron chi connectivity index (χ4n) is 2.38. The van der Waals surface area contributed by atoms with E-state index in [1.165, 1.54) is 0 Å². The zero-order chi connectivity index (χ0) is 21.4. The first-order chi connectivity index (χ1) is 13.6. The molecule has 2 aromatic carbocycles. The summed E-state index contributed by atoms with van der Waals surface area (Å²) in [6.45, 7) is 1.83. The summed E-state index contributed by atoms with van der Waals surface area (Å²) in [5.74, 6) is 4.23. The minimum atomic E-state index is -4.49. The maximum absolute atomic E-state index is 12.6. The van der Waals surface area contributed by atoms with E-state index in [2.05, 4.69) is 27.4 Å². The highest BCUT2D eigenvalue weighted by Gasteiger charge is 2.30. The molecule has 0 aliphatic rings. The Balaban J connectivity index is 1.92. The summed E-state index contributed by atoms with van der Waals surface area (Å²) in [6.07, 6.45) is -3.48. The molecule has 0 aliphatic heterocycles. The fraction of sp³-hybridized carbons (Fsp3) is 0.286. The average molecular weight is 424 g/mol. The molecule has 2 N–H and O–H groups in total. The number of nitrogens with one attached hydrogen (secondary N) is 2. The number of anilines is 2. The van der Waals surface area contributed by atoms with Gasteiger partial charge in [-0.25, -0.2) is 0 Å². The predicted molar refractivity (Wildman–Crippen MR) is 110 cm³/mol. The first-order valence-electron chi connectivity index (χ1n) is 8.83. The SMILES string of the molecule is CN(C)CCCNc1ccc(NC(=O)C#Cc2ccc(C(F)(F)F)cc2Cl)cc1. The molecule has 1 amide bonds. The minimum absolute atomic E-state index is 0.145. The Hall–Kier alpha value is -2.69. The van der Waals surface area contributed by atoms with Crippen molar-refractivity contribution in [3.05, 3.63) is 58.6 Å². The first-order valence-corrected chi connectivity index (χ1v) is 9.21. The summed E-state index contributed by atoms with van der Waals surface area (Å²) in [5.41, 5.74) is 0.769. The van der Waals surface area contributed by atoms with E-state index in [1.54, 1.807) is 12.1 Å². The lowest BCUT2D eigenvalue weighted by atomic mass is 10.1. The third-order valence-electron chi connectivity index (χ3n) is 3.86. The number of alkyl halides is 3. The summed E-state index contributed by atoms with van der Waals surface area (Å²) < 4.78 is 37.9. The molecule has 0 saturated carbocycles. The molecule has 154 valence electrons. The number of halogens is 4. The number of rotatable bonds is 6. The van der Waals surface area contributed by atoms with Crippen LogP contribution in [-0.2, 0) is 11.0 Å². The van der Waals surface area contributed by atoms with Gasteiger partial charge in [0.05, 0.1) is 10.6 Å². The van der Waals surface area contributed by atoms with Crippen molar-refractivity contribution >= 4 is 28.9 Å². The Morgan fingerprint density at radius 1 is 1.10 bits per heavy atom. The van der Waals surface area contributed by atoms with Gasteiger partial charge in [0.2, 0.25) is 0 Å². The first kappa shape index (κ1) is 22.6. The number of benzene rings is 2. The molecule has 29 heavy (non-hydrogen) atoms. The maximum atomic E-state index is 12.6. The standard InChI is InChI=1S/C21H21ClF3N3O/c1-28(2)13-3-12-26-17-7-9-18(10-8-17)27-20(29)11-5-15-4-6-16(14-19(15)22)21(23,24)25/h4,6-10,14,26H,3,12-13H2,1-2H3,(H,27,29). The van der Waals surface area contributed by atoms with Crippen LogP contribution in [0.1, 0.15) is 17.5 Å². The van der Waals surface area contributed by atoms with E-state index in [1.807, 2.05) is 26.2 Å². The second kappa shape index (κ2) is 10.2. The normalized spacial score (nSPS) is 11.0. The van der Waals surface area contributed by atoms with E-state index in [0.29, 0.717) is 5.69 Å². The third-order valence-corrected chi connectivity index (χ3v) is 4.17. The van der Waals surface area contributed by atoms with E-state index in [0.717, 1.165) is 43.4 Å². The van der Waals surface area contributed by atoms with Crippen molar-refractivity contribution in [1.29, 1.82) is 0 Å². The van der Waals surface area contributed by atoms with Crippen molar-refractivity contribution in [1.82, 2.24) is 4.90 Å². The summed E-state index contributed by atoms with van der Waals surface area (Å²) in [6, 6.07) is 9.95. The van der Waals surface area contributed by atoms with Crippen LogP contribution in [0.4, 0.5) is 24.5 Å². The summed E-state index contributed by atoms with van der Waals surface area (Å²) in [7, 11) is 4.04. The van der Waals surface area contributed by atoms with Gasteiger partial charge in [0.15, 0.2) is 0 Å². The zero-order valence-corrected chi connectivity index (χ0v) is 16.8. The monoisotopic (exact) mass is 423 g/mol. The van der Waals surface area contributed by atoms with E-state index in [9.17, 15) is 18.0 Å². The lowest BCUT2D eigenvalue weighted by Gasteiger charge is -2.11. The second-order valence-electron chi connectivity index (χ2n) is 6.56. The molecule has 8 heteroatoms. The Morgan fingerprint density at radius 3 is 2.34 bits per heavy atom. The van der Waals surface area contributed by atoms with Gasteiger partial charge in [-0.1, -0.05) is 17.5 Å². The van der Waals surface area contributed by atoms with Gasteiger partial charge in [0.1, 0.15) is 0 Å². The second-order valence-corrected chi connectivity index (χ2v) is 6.96. The van der Waals surface area contributed by atoms with Gasteiger partial charge in [0.25, 0.3) is 0 Å². The lowest BCUT2D eigenvalue weighted by molar-refractivity contribution is -0.137. The van der Waals surface area contributed by atoms with E-state index < -0.39 is 17.6 Å². The van der Waals surface area contributed by atoms with Crippen molar-refractivity contribution in [2.24, 2.45) is 0 Å². The summed E-state index contributed by atoms with van der Waals surface area (Å²) in [4.78, 5) is 14.1. The van der Waals surface area contributed by atoms with Gasteiger partial charge in [-0.3, -0.25) is 4.79 Å². The largest absolute Gasteiger partial charge is 0.416 e. The van der Waals surface area contributed by atoms with Crippen LogP contribution in [0.25, 0.3) is 0 Å². The molecule has 4 nitrogen and oxygen atoms in total. The smallest absolute Gasteiger partial charge is 0.385 e. The van der Waals surface area contributed by atoms with Crippen molar-refractivity contribution < 1.29 is 18.0 Å². The van der Waals surface area contributed by atoms with Gasteiger partial charge in [-0.15, -0.1) is 0 Å². The molecule has 0 fully saturated rings. The van der Waals surface area contributed by atoms with Crippen molar-refractivity contribution in [2.75, 3.05) is 37.8 Å². The number of carbonyl (C=O) groups is 1. The Kier molecular flexibility index (Phi) is 7.94. The van der Waals surface area contributed by atoms with E-state index in [4.69, 9.17) is 11.6 Å². The summed E-state index contributed by atoms with van der Waals surface area (Å²) in [5, 5.41) is 5.73. The topological polar surface area (TPSA) is 44.4 Å². The number of hydrogen-bond acceptors (Lipinski definition) is 3. The molecule has 0 heterocycles. The quantitative estimate of drug-likeness (QED) is 0.522. The highest BCUT2D eigenvalue weighted by Crippen LogP contribution is 2.31. The molecule has 0 unspecified atom stereocenters. The molecule has 0 saturated heterocycles. The Labute approximate surface area is 173 Å². The fourth-order valence-corrected chi connectivity index (χ4v) is 2.61. The number of nitrogens with zero attached hydrogens (tertiary/aromatic N) is 1. The molecule has 0 atom stereocenters. The Bertz CT molecular complexity index is 900. The number of carbonyl (C=O) groups excluding carboxylic acids is 1. The van der Waals surface area contributed by atoms with Crippen molar-refractivity contribution in [3.63, 3.8) is 0 Å². The van der Waals surface area contributed by atoms with E-state index >= 15 is 0 Å². The van der Waals surface area contributed by atoms with Gasteiger partial charge in [0, 0.05) is 29.4 Å². The van der Waals surface area contributed by atoms with Crippen LogP contribution in [0.5, 0.6) is 0 Å². The van der Waals surface area contributed by atoms with Gasteiger partial charge in [-0.05, 0) is 69.5 Å². The molecular formula is C21H21ClF3N3O. The van der Waals surface area contributed by atoms with Crippen molar-refractivity contribution in [3.8, 4) is 11.8 Å². The van der Waals surface area contributed by atoms with E-state index in [-0.39, 0.29) is 10.6 Å². The van der Waals surface area contributed by atoms with Crippen LogP contribution >= 0.6 is 11.6 Å². The van der Waals surface area contributed by atoms with Crippen LogP contribution < -0.4 is 10.6 Å². The zero-order valence-electron chi connectivity index (χ0n) is 16.0. The lowest BCUT2D eigenvalue weighted by Crippen LogP contribution is -2.16. The molecule has 2 aromatic rings. The van der Waals surface area contributed by atoms with Crippen LogP contribution in [-0.4, -0.2) is 38.0 Å². The predicted octanol–water partition coefficient (Wildman–Crippen LogP) is 4.71. The Morgan fingerprint density at radius 2 is 1.76 bits per heavy atom. The highest BCUT2D eigenvalue weighted by molar-refractivity contribution is 6.31. The van der Waals surface area contributed by atoms with Crippen LogP contribution in [0, 0.1) is 11.8 Å². The minimum Gasteiger partial charge on any atom is -0.385 e.